The van der Waals surface area contributed by atoms with E-state index in [9.17, 15) is 19.1 Å². The van der Waals surface area contributed by atoms with Crippen LogP contribution in [0, 0.1) is 5.82 Å². The van der Waals surface area contributed by atoms with E-state index >= 15 is 0 Å². The van der Waals surface area contributed by atoms with Gasteiger partial charge in [0.15, 0.2) is 11.5 Å². The number of hydrogen-bond acceptors (Lipinski definition) is 5. The van der Waals surface area contributed by atoms with Gasteiger partial charge in [-0.1, -0.05) is 18.2 Å². The molecule has 0 fully saturated rings. The van der Waals surface area contributed by atoms with Crippen LogP contribution in [0.25, 0.3) is 5.65 Å². The monoisotopic (exact) mass is 380 g/mol. The fourth-order valence-electron chi connectivity index (χ4n) is 2.89. The smallest absolute Gasteiger partial charge is 0.339 e. The number of carbonyl (C=O) groups is 2. The van der Waals surface area contributed by atoms with Crippen LogP contribution < -0.4 is 4.90 Å². The second-order valence-electron chi connectivity index (χ2n) is 5.88. The van der Waals surface area contributed by atoms with Crippen molar-refractivity contribution in [1.29, 1.82) is 0 Å². The van der Waals surface area contributed by atoms with Crippen LogP contribution in [0.2, 0.25) is 0 Å². The van der Waals surface area contributed by atoms with Crippen molar-refractivity contribution in [3.63, 3.8) is 0 Å². The summed E-state index contributed by atoms with van der Waals surface area (Å²) in [5.74, 6) is -2.78. The number of benzene rings is 1. The number of amides is 1. The van der Waals surface area contributed by atoms with Crippen molar-refractivity contribution < 1.29 is 19.1 Å². The summed E-state index contributed by atoms with van der Waals surface area (Å²) in [6, 6.07) is 9.71. The Hall–Kier alpha value is -4.08. The zero-order valence-corrected chi connectivity index (χ0v) is 14.5. The third-order valence-corrected chi connectivity index (χ3v) is 4.18. The molecule has 3 heterocycles. The number of rotatable bonds is 4. The van der Waals surface area contributed by atoms with Gasteiger partial charge < -0.3 is 5.11 Å². The molecule has 0 aliphatic carbocycles. The van der Waals surface area contributed by atoms with Gasteiger partial charge in [-0.25, -0.2) is 18.7 Å². The Bertz CT molecular complexity index is 1200. The van der Waals surface area contributed by atoms with Crippen LogP contribution in [0.3, 0.4) is 0 Å². The molecule has 1 amide bonds. The van der Waals surface area contributed by atoms with Gasteiger partial charge in [0, 0.05) is 18.8 Å². The minimum Gasteiger partial charge on any atom is -0.478 e. The molecule has 4 aromatic rings. The first kappa shape index (κ1) is 17.3. The first-order chi connectivity index (χ1) is 13.5. The molecule has 10 heteroatoms. The number of pyridine rings is 1. The van der Waals surface area contributed by atoms with Crippen LogP contribution in [-0.4, -0.2) is 41.4 Å². The summed E-state index contributed by atoms with van der Waals surface area (Å²) >= 11 is 0. The van der Waals surface area contributed by atoms with Crippen molar-refractivity contribution in [2.75, 3.05) is 4.90 Å². The molecule has 1 aromatic carbocycles. The number of carbonyl (C=O) groups excluding carboxylic acids is 1. The van der Waals surface area contributed by atoms with Crippen molar-refractivity contribution in [3.05, 3.63) is 72.2 Å². The standard InChI is InChI=1S/C18H13FN6O3/c1-23-16(12(8-21-23)18(27)28)17(26)25(11-5-3-2-4-6-11)14-7-15-20-10-22-24(15)9-13(14)19/h2-10H,1H3,(H,27,28). The maximum absolute atomic E-state index is 14.9. The first-order valence-electron chi connectivity index (χ1n) is 8.11. The summed E-state index contributed by atoms with van der Waals surface area (Å²) in [4.78, 5) is 30.0. The lowest BCUT2D eigenvalue weighted by Crippen LogP contribution is -2.30. The number of hydrogen-bond donors (Lipinski definition) is 1. The van der Waals surface area contributed by atoms with E-state index in [-0.39, 0.29) is 16.9 Å². The predicted octanol–water partition coefficient (Wildman–Crippen LogP) is 2.28. The van der Waals surface area contributed by atoms with E-state index in [0.29, 0.717) is 11.3 Å². The summed E-state index contributed by atoms with van der Waals surface area (Å²) in [5.41, 5.74) is 0.130. The van der Waals surface area contributed by atoms with Gasteiger partial charge in [0.25, 0.3) is 5.91 Å². The molecule has 0 atom stereocenters. The number of aryl methyl sites for hydroxylation is 1. The number of carboxylic acid groups (broad SMARTS) is 1. The number of para-hydroxylation sites is 1. The average Bonchev–Trinajstić information content (AvgIpc) is 3.28. The second-order valence-corrected chi connectivity index (χ2v) is 5.88. The molecule has 0 aliphatic rings. The van der Waals surface area contributed by atoms with Crippen LogP contribution in [0.1, 0.15) is 20.8 Å². The number of carboxylic acids is 1. The predicted molar refractivity (Wildman–Crippen MR) is 96.0 cm³/mol. The van der Waals surface area contributed by atoms with E-state index in [2.05, 4.69) is 15.2 Å². The van der Waals surface area contributed by atoms with Crippen LogP contribution in [0.15, 0.2) is 55.1 Å². The Balaban J connectivity index is 1.94. The molecule has 1 N–H and O–H groups in total. The van der Waals surface area contributed by atoms with Gasteiger partial charge >= 0.3 is 5.97 Å². The maximum Gasteiger partial charge on any atom is 0.339 e. The molecule has 28 heavy (non-hydrogen) atoms. The third-order valence-electron chi connectivity index (χ3n) is 4.18. The Morgan fingerprint density at radius 3 is 2.64 bits per heavy atom. The molecule has 0 saturated carbocycles. The Labute approximate surface area is 157 Å². The third kappa shape index (κ3) is 2.76. The van der Waals surface area contributed by atoms with Crippen molar-refractivity contribution in [2.45, 2.75) is 0 Å². The van der Waals surface area contributed by atoms with Gasteiger partial charge in [-0.05, 0) is 12.1 Å². The van der Waals surface area contributed by atoms with E-state index in [1.807, 2.05) is 0 Å². The molecule has 0 unspecified atom stereocenters. The topological polar surface area (TPSA) is 106 Å². The van der Waals surface area contributed by atoms with Crippen molar-refractivity contribution in [3.8, 4) is 0 Å². The number of nitrogens with zero attached hydrogens (tertiary/aromatic N) is 6. The van der Waals surface area contributed by atoms with Gasteiger partial charge in [-0.2, -0.15) is 10.2 Å². The molecule has 0 saturated heterocycles. The number of anilines is 2. The van der Waals surface area contributed by atoms with Crippen LogP contribution in [0.4, 0.5) is 15.8 Å². The highest BCUT2D eigenvalue weighted by atomic mass is 19.1. The Morgan fingerprint density at radius 2 is 1.93 bits per heavy atom. The SMILES string of the molecule is Cn1ncc(C(=O)O)c1C(=O)N(c1ccccc1)c1cc2ncnn2cc1F. The number of aromatic nitrogens is 5. The van der Waals surface area contributed by atoms with E-state index in [1.54, 1.807) is 30.3 Å². The average molecular weight is 380 g/mol. The fraction of sp³-hybridized carbons (Fsp3) is 0.0556. The Morgan fingerprint density at radius 1 is 1.18 bits per heavy atom. The normalized spacial score (nSPS) is 10.9. The number of halogens is 1. The van der Waals surface area contributed by atoms with Crippen LogP contribution in [-0.2, 0) is 7.05 Å². The van der Waals surface area contributed by atoms with Crippen LogP contribution in [0.5, 0.6) is 0 Å². The van der Waals surface area contributed by atoms with E-state index in [0.717, 1.165) is 22.0 Å². The highest BCUT2D eigenvalue weighted by molar-refractivity contribution is 6.14. The molecular weight excluding hydrogens is 367 g/mol. The van der Waals surface area contributed by atoms with Gasteiger partial charge in [0.2, 0.25) is 0 Å². The highest BCUT2D eigenvalue weighted by Gasteiger charge is 2.30. The lowest BCUT2D eigenvalue weighted by molar-refractivity contribution is 0.0691. The van der Waals surface area contributed by atoms with Crippen molar-refractivity contribution >= 4 is 28.9 Å². The zero-order chi connectivity index (χ0) is 19.8. The molecule has 9 nitrogen and oxygen atoms in total. The Kier molecular flexibility index (Phi) is 4.07. The minimum absolute atomic E-state index is 0.0887. The van der Waals surface area contributed by atoms with Crippen molar-refractivity contribution in [2.24, 2.45) is 7.05 Å². The van der Waals surface area contributed by atoms with Gasteiger partial charge in [-0.15, -0.1) is 0 Å². The van der Waals surface area contributed by atoms with Crippen LogP contribution >= 0.6 is 0 Å². The summed E-state index contributed by atoms with van der Waals surface area (Å²) in [6.45, 7) is 0. The highest BCUT2D eigenvalue weighted by Crippen LogP contribution is 2.31. The van der Waals surface area contributed by atoms with E-state index in [4.69, 9.17) is 0 Å². The minimum atomic E-state index is -1.31. The van der Waals surface area contributed by atoms with Crippen molar-refractivity contribution in [1.82, 2.24) is 24.4 Å². The molecule has 0 spiro atoms. The summed E-state index contributed by atoms with van der Waals surface area (Å²) in [5, 5.41) is 17.1. The number of fused-ring (bicyclic) bond motifs is 1. The first-order valence-corrected chi connectivity index (χ1v) is 8.11. The van der Waals surface area contributed by atoms with E-state index in [1.165, 1.54) is 24.0 Å². The molecule has 140 valence electrons. The lowest BCUT2D eigenvalue weighted by Gasteiger charge is -2.23. The molecule has 3 aromatic heterocycles. The number of aromatic carboxylic acids is 1. The molecular formula is C18H13FN6O3. The molecule has 4 rings (SSSR count). The molecule has 0 radical (unpaired) electrons. The van der Waals surface area contributed by atoms with E-state index < -0.39 is 17.7 Å². The van der Waals surface area contributed by atoms with Gasteiger partial charge in [0.05, 0.1) is 18.1 Å². The summed E-state index contributed by atoms with van der Waals surface area (Å²) < 4.78 is 17.3. The largest absolute Gasteiger partial charge is 0.478 e. The fourth-order valence-corrected chi connectivity index (χ4v) is 2.89. The zero-order valence-electron chi connectivity index (χ0n) is 14.5. The van der Waals surface area contributed by atoms with Gasteiger partial charge in [-0.3, -0.25) is 14.4 Å². The lowest BCUT2D eigenvalue weighted by atomic mass is 10.1. The summed E-state index contributed by atoms with van der Waals surface area (Å²) in [7, 11) is 1.45. The maximum atomic E-state index is 14.9. The molecule has 0 aliphatic heterocycles. The quantitative estimate of drug-likeness (QED) is 0.582. The second kappa shape index (κ2) is 6.58. The molecule has 0 bridgehead atoms. The van der Waals surface area contributed by atoms with Gasteiger partial charge in [0.1, 0.15) is 17.6 Å². The summed E-state index contributed by atoms with van der Waals surface area (Å²) in [6.07, 6.45) is 3.44.